The van der Waals surface area contributed by atoms with Gasteiger partial charge in [0.1, 0.15) is 0 Å². The van der Waals surface area contributed by atoms with Gasteiger partial charge in [-0.15, -0.1) is 13.2 Å². The molecule has 0 saturated heterocycles. The first kappa shape index (κ1) is 14.8. The van der Waals surface area contributed by atoms with Crippen molar-refractivity contribution in [2.75, 3.05) is 0 Å². The molecule has 1 aromatic heterocycles. The number of carbonyl (C=O) groups excluding carboxylic acids is 1. The average Bonchev–Trinajstić information content (AvgIpc) is 2.25. The first-order chi connectivity index (χ1) is 8.30. The Bertz CT molecular complexity index is 449. The van der Waals surface area contributed by atoms with Gasteiger partial charge < -0.3 is 4.74 Å². The van der Waals surface area contributed by atoms with Crippen molar-refractivity contribution in [1.29, 1.82) is 0 Å². The fourth-order valence-corrected chi connectivity index (χ4v) is 1.62. The summed E-state index contributed by atoms with van der Waals surface area (Å²) in [7, 11) is 0. The van der Waals surface area contributed by atoms with Gasteiger partial charge in [0, 0.05) is 11.5 Å². The Kier molecular flexibility index (Phi) is 4.60. The molecular weight excluding hydrogens is 329 g/mol. The fraction of sp³-hybridized carbons (Fsp3) is 0.333. The number of rotatable bonds is 4. The highest BCUT2D eigenvalue weighted by Gasteiger charge is 2.35. The maximum atomic E-state index is 12.5. The number of hydrogen-bond acceptors (Lipinski definition) is 3. The fourth-order valence-electron chi connectivity index (χ4n) is 1.18. The summed E-state index contributed by atoms with van der Waals surface area (Å²) in [5, 5.41) is -0.0706. The Hall–Kier alpha value is -1.25. The number of nitrogens with zero attached hydrogens (tertiary/aromatic N) is 1. The molecule has 0 aliphatic carbocycles. The molecule has 0 amide bonds. The summed E-state index contributed by atoms with van der Waals surface area (Å²) in [6, 6.07) is 0. The third kappa shape index (κ3) is 3.37. The smallest absolute Gasteiger partial charge is 0.404 e. The number of aromatic nitrogens is 1. The maximum absolute atomic E-state index is 12.5. The molecule has 0 saturated carbocycles. The van der Waals surface area contributed by atoms with Gasteiger partial charge >= 0.3 is 6.36 Å². The summed E-state index contributed by atoms with van der Waals surface area (Å²) in [5.74, 6) is -1.21. The minimum Gasteiger partial charge on any atom is -0.404 e. The zero-order chi connectivity index (χ0) is 13.9. The molecule has 18 heavy (non-hydrogen) atoms. The first-order valence-electron chi connectivity index (χ1n) is 4.37. The second-order valence-electron chi connectivity index (χ2n) is 3.00. The molecule has 100 valence electrons. The molecule has 0 bridgehead atoms. The van der Waals surface area contributed by atoms with E-state index in [-0.39, 0.29) is 17.3 Å². The monoisotopic (exact) mass is 333 g/mol. The first-order valence-corrected chi connectivity index (χ1v) is 5.49. The molecule has 1 rings (SSSR count). The topological polar surface area (TPSA) is 39.2 Å². The molecule has 9 heteroatoms. The van der Waals surface area contributed by atoms with Crippen LogP contribution in [0.25, 0.3) is 0 Å². The van der Waals surface area contributed by atoms with Gasteiger partial charge in [0.15, 0.2) is 12.0 Å². The molecular formula is C9H5BrF5NO2. The number of hydrogen-bond donors (Lipinski definition) is 0. The summed E-state index contributed by atoms with van der Waals surface area (Å²) in [5.41, 5.74) is -1.85. The summed E-state index contributed by atoms with van der Waals surface area (Å²) < 4.78 is 64.9. The molecule has 0 fully saturated rings. The van der Waals surface area contributed by atoms with Crippen LogP contribution >= 0.6 is 15.9 Å². The summed E-state index contributed by atoms with van der Waals surface area (Å²) in [6.07, 6.45) is -7.86. The van der Waals surface area contributed by atoms with Crippen molar-refractivity contribution in [3.8, 4) is 5.75 Å². The van der Waals surface area contributed by atoms with Crippen molar-refractivity contribution in [3.63, 3.8) is 0 Å². The number of aldehydes is 1. The molecule has 1 heterocycles. The van der Waals surface area contributed by atoms with E-state index < -0.39 is 29.7 Å². The van der Waals surface area contributed by atoms with E-state index in [1.807, 2.05) is 0 Å². The Morgan fingerprint density at radius 1 is 1.44 bits per heavy atom. The quantitative estimate of drug-likeness (QED) is 0.480. The molecule has 0 unspecified atom stereocenters. The number of halogens is 6. The van der Waals surface area contributed by atoms with Crippen LogP contribution in [0.2, 0.25) is 0 Å². The van der Waals surface area contributed by atoms with E-state index in [2.05, 4.69) is 25.7 Å². The van der Waals surface area contributed by atoms with E-state index in [1.165, 1.54) is 0 Å². The highest BCUT2D eigenvalue weighted by molar-refractivity contribution is 9.08. The highest BCUT2D eigenvalue weighted by atomic mass is 79.9. The molecule has 0 aliphatic heterocycles. The predicted molar refractivity (Wildman–Crippen MR) is 53.9 cm³/mol. The standard InChI is InChI=1S/C9H5BrF5NO2/c10-1-6-5(3-17)7(18-9(13,14)15)4(2-16-6)8(11)12/h2-3,8H,1H2. The zero-order valence-corrected chi connectivity index (χ0v) is 10.1. The molecule has 0 atom stereocenters. The zero-order valence-electron chi connectivity index (χ0n) is 8.47. The van der Waals surface area contributed by atoms with Gasteiger partial charge in [0.25, 0.3) is 6.43 Å². The van der Waals surface area contributed by atoms with Crippen molar-refractivity contribution in [3.05, 3.63) is 23.0 Å². The van der Waals surface area contributed by atoms with E-state index in [1.54, 1.807) is 0 Å². The minimum atomic E-state index is -5.17. The summed E-state index contributed by atoms with van der Waals surface area (Å²) in [4.78, 5) is 14.2. The van der Waals surface area contributed by atoms with Crippen molar-refractivity contribution in [1.82, 2.24) is 4.98 Å². The number of pyridine rings is 1. The predicted octanol–water partition coefficient (Wildman–Crippen LogP) is 3.63. The van der Waals surface area contributed by atoms with E-state index in [0.29, 0.717) is 6.20 Å². The normalized spacial score (nSPS) is 11.7. The SMILES string of the molecule is O=Cc1c(CBr)ncc(C(F)F)c1OC(F)(F)F. The Morgan fingerprint density at radius 3 is 2.44 bits per heavy atom. The second-order valence-corrected chi connectivity index (χ2v) is 3.56. The van der Waals surface area contributed by atoms with Gasteiger partial charge in [-0.3, -0.25) is 9.78 Å². The lowest BCUT2D eigenvalue weighted by atomic mass is 10.1. The van der Waals surface area contributed by atoms with Gasteiger partial charge in [0.2, 0.25) is 0 Å². The summed E-state index contributed by atoms with van der Waals surface area (Å²) >= 11 is 2.88. The largest absolute Gasteiger partial charge is 0.573 e. The van der Waals surface area contributed by atoms with E-state index in [0.717, 1.165) is 0 Å². The van der Waals surface area contributed by atoms with Crippen LogP contribution < -0.4 is 4.74 Å². The van der Waals surface area contributed by atoms with Crippen molar-refractivity contribution >= 4 is 22.2 Å². The van der Waals surface area contributed by atoms with Crippen LogP contribution in [0.5, 0.6) is 5.75 Å². The Labute approximate surface area is 106 Å². The summed E-state index contributed by atoms with van der Waals surface area (Å²) in [6.45, 7) is 0. The lowest BCUT2D eigenvalue weighted by Gasteiger charge is -2.15. The van der Waals surface area contributed by atoms with Crippen molar-refractivity contribution in [2.45, 2.75) is 18.1 Å². The van der Waals surface area contributed by atoms with Gasteiger partial charge in [-0.05, 0) is 0 Å². The molecule has 0 radical (unpaired) electrons. The third-order valence-electron chi connectivity index (χ3n) is 1.87. The van der Waals surface area contributed by atoms with E-state index >= 15 is 0 Å². The van der Waals surface area contributed by atoms with Crippen LogP contribution in [0, 0.1) is 0 Å². The number of ether oxygens (including phenoxy) is 1. The number of carbonyl (C=O) groups is 1. The van der Waals surface area contributed by atoms with Crippen LogP contribution in [0.1, 0.15) is 28.0 Å². The van der Waals surface area contributed by atoms with Gasteiger partial charge in [-0.1, -0.05) is 15.9 Å². The molecule has 0 aliphatic rings. The Morgan fingerprint density at radius 2 is 2.06 bits per heavy atom. The highest BCUT2D eigenvalue weighted by Crippen LogP contribution is 2.36. The van der Waals surface area contributed by atoms with Crippen LogP contribution in [-0.2, 0) is 5.33 Å². The third-order valence-corrected chi connectivity index (χ3v) is 2.41. The van der Waals surface area contributed by atoms with Gasteiger partial charge in [-0.25, -0.2) is 8.78 Å². The maximum Gasteiger partial charge on any atom is 0.573 e. The molecule has 0 N–H and O–H groups in total. The van der Waals surface area contributed by atoms with Gasteiger partial charge in [-0.2, -0.15) is 0 Å². The molecule has 0 spiro atoms. The van der Waals surface area contributed by atoms with Crippen LogP contribution in [-0.4, -0.2) is 17.6 Å². The van der Waals surface area contributed by atoms with Crippen LogP contribution in [0.4, 0.5) is 22.0 Å². The van der Waals surface area contributed by atoms with E-state index in [4.69, 9.17) is 0 Å². The second kappa shape index (κ2) is 5.59. The Balaban J connectivity index is 3.43. The molecule has 0 aromatic carbocycles. The van der Waals surface area contributed by atoms with Gasteiger partial charge in [0.05, 0.1) is 16.8 Å². The average molecular weight is 334 g/mol. The van der Waals surface area contributed by atoms with Crippen LogP contribution in [0.15, 0.2) is 6.20 Å². The van der Waals surface area contributed by atoms with E-state index in [9.17, 15) is 26.7 Å². The van der Waals surface area contributed by atoms with Crippen molar-refractivity contribution < 1.29 is 31.5 Å². The molecule has 3 nitrogen and oxygen atoms in total. The number of alkyl halides is 6. The lowest BCUT2D eigenvalue weighted by molar-refractivity contribution is -0.275. The minimum absolute atomic E-state index is 0.00343. The van der Waals surface area contributed by atoms with Crippen LogP contribution in [0.3, 0.4) is 0 Å². The molecule has 1 aromatic rings. The van der Waals surface area contributed by atoms with Crippen molar-refractivity contribution in [2.24, 2.45) is 0 Å². The lowest BCUT2D eigenvalue weighted by Crippen LogP contribution is -2.20.